The van der Waals surface area contributed by atoms with Gasteiger partial charge in [0, 0.05) is 13.1 Å². The maximum absolute atomic E-state index is 13.2. The second-order valence-corrected chi connectivity index (χ2v) is 8.91. The van der Waals surface area contributed by atoms with Crippen LogP contribution in [0.2, 0.25) is 0 Å². The Bertz CT molecular complexity index is 906. The van der Waals surface area contributed by atoms with Crippen LogP contribution >= 0.6 is 0 Å². The molecule has 4 unspecified atom stereocenters. The number of aliphatic carboxylic acids is 2. The van der Waals surface area contributed by atoms with Gasteiger partial charge < -0.3 is 60.6 Å². The molecule has 0 rings (SSSR count). The quantitative estimate of drug-likeness (QED) is 0.0351. The van der Waals surface area contributed by atoms with Crippen molar-refractivity contribution in [1.82, 2.24) is 16.0 Å². The molecule has 3 amide bonds. The lowest BCUT2D eigenvalue weighted by Crippen LogP contribution is -2.57. The number of carbonyl (C=O) groups excluding carboxylic acids is 3. The zero-order valence-electron chi connectivity index (χ0n) is 22.4. The van der Waals surface area contributed by atoms with Crippen molar-refractivity contribution in [2.75, 3.05) is 19.6 Å². The normalized spacial score (nSPS) is 13.6. The molecule has 0 aromatic rings. The highest BCUT2D eigenvalue weighted by Gasteiger charge is 2.30. The molecular formula is C22H43N11O7. The lowest BCUT2D eigenvalue weighted by Gasteiger charge is -2.25. The number of carboxylic acids is 2. The van der Waals surface area contributed by atoms with Crippen molar-refractivity contribution in [2.24, 2.45) is 44.4 Å². The highest BCUT2D eigenvalue weighted by molar-refractivity contribution is 5.94. The van der Waals surface area contributed by atoms with E-state index in [9.17, 15) is 29.1 Å². The first-order chi connectivity index (χ1) is 18.8. The Balaban J connectivity index is 5.62. The Kier molecular flexibility index (Phi) is 17.7. The minimum Gasteiger partial charge on any atom is -0.481 e. The van der Waals surface area contributed by atoms with E-state index in [0.29, 0.717) is 25.8 Å². The molecule has 0 aliphatic carbocycles. The summed E-state index contributed by atoms with van der Waals surface area (Å²) in [6.07, 6.45) is 1.14. The van der Waals surface area contributed by atoms with Crippen molar-refractivity contribution in [3.05, 3.63) is 0 Å². The van der Waals surface area contributed by atoms with Gasteiger partial charge in [-0.15, -0.1) is 0 Å². The number of nitrogens with two attached hydrogens (primary N) is 6. The molecule has 0 bridgehead atoms. The molecule has 0 spiro atoms. The van der Waals surface area contributed by atoms with E-state index < -0.39 is 60.2 Å². The van der Waals surface area contributed by atoms with E-state index in [1.54, 1.807) is 0 Å². The number of amides is 3. The van der Waals surface area contributed by atoms with Gasteiger partial charge in [-0.1, -0.05) is 0 Å². The molecule has 4 atom stereocenters. The van der Waals surface area contributed by atoms with Crippen molar-refractivity contribution in [3.8, 4) is 0 Å². The number of aliphatic imine (C=N–C) groups is 2. The van der Waals surface area contributed by atoms with E-state index in [4.69, 9.17) is 39.5 Å². The number of guanidine groups is 2. The highest BCUT2D eigenvalue weighted by Crippen LogP contribution is 2.07. The summed E-state index contributed by atoms with van der Waals surface area (Å²) in [4.78, 5) is 68.8. The van der Waals surface area contributed by atoms with Crippen molar-refractivity contribution in [3.63, 3.8) is 0 Å². The van der Waals surface area contributed by atoms with E-state index in [1.807, 2.05) is 0 Å². The van der Waals surface area contributed by atoms with E-state index >= 15 is 0 Å². The van der Waals surface area contributed by atoms with Crippen LogP contribution in [0, 0.1) is 0 Å². The van der Waals surface area contributed by atoms with Crippen molar-refractivity contribution in [1.29, 1.82) is 0 Å². The first-order valence-electron chi connectivity index (χ1n) is 12.7. The van der Waals surface area contributed by atoms with E-state index in [1.165, 1.54) is 0 Å². The maximum Gasteiger partial charge on any atom is 0.326 e. The molecule has 17 N–H and O–H groups in total. The number of nitrogens with zero attached hydrogens (tertiary/aromatic N) is 2. The molecule has 0 fully saturated rings. The van der Waals surface area contributed by atoms with E-state index in [0.717, 1.165) is 0 Å². The number of rotatable bonds is 21. The summed E-state index contributed by atoms with van der Waals surface area (Å²) in [7, 11) is 0. The number of unbranched alkanes of at least 4 members (excludes halogenated alkanes) is 1. The Morgan fingerprint density at radius 2 is 1.10 bits per heavy atom. The van der Waals surface area contributed by atoms with Gasteiger partial charge in [-0.2, -0.15) is 0 Å². The summed E-state index contributed by atoms with van der Waals surface area (Å²) in [6.45, 7) is 0.715. The lowest BCUT2D eigenvalue weighted by molar-refractivity contribution is -0.147. The molecule has 0 saturated carbocycles. The summed E-state index contributed by atoms with van der Waals surface area (Å²) in [5.41, 5.74) is 32.6. The molecule has 0 radical (unpaired) electrons. The third-order valence-electron chi connectivity index (χ3n) is 5.46. The summed E-state index contributed by atoms with van der Waals surface area (Å²) in [6, 6.07) is -5.09. The van der Waals surface area contributed by atoms with Gasteiger partial charge >= 0.3 is 11.9 Å². The number of hydrogen-bond donors (Lipinski definition) is 11. The Hall–Kier alpha value is -4.19. The predicted octanol–water partition coefficient (Wildman–Crippen LogP) is -4.44. The van der Waals surface area contributed by atoms with Crippen molar-refractivity contribution >= 4 is 41.6 Å². The second-order valence-electron chi connectivity index (χ2n) is 8.91. The molecule has 0 aromatic heterocycles. The smallest absolute Gasteiger partial charge is 0.326 e. The lowest BCUT2D eigenvalue weighted by atomic mass is 10.0. The van der Waals surface area contributed by atoms with Gasteiger partial charge in [0.2, 0.25) is 17.7 Å². The van der Waals surface area contributed by atoms with Crippen LogP contribution in [-0.4, -0.2) is 95.6 Å². The minimum atomic E-state index is -1.74. The van der Waals surface area contributed by atoms with Crippen LogP contribution < -0.4 is 50.4 Å². The van der Waals surface area contributed by atoms with Crippen LogP contribution in [0.5, 0.6) is 0 Å². The number of hydrogen-bond acceptors (Lipinski definition) is 9. The van der Waals surface area contributed by atoms with Gasteiger partial charge in [-0.05, 0) is 51.5 Å². The third-order valence-corrected chi connectivity index (χ3v) is 5.46. The zero-order valence-corrected chi connectivity index (χ0v) is 22.4. The molecule has 0 heterocycles. The predicted molar refractivity (Wildman–Crippen MR) is 146 cm³/mol. The van der Waals surface area contributed by atoms with Gasteiger partial charge in [0.15, 0.2) is 11.9 Å². The second kappa shape index (κ2) is 19.8. The largest absolute Gasteiger partial charge is 0.481 e. The summed E-state index contributed by atoms with van der Waals surface area (Å²) in [5, 5.41) is 25.4. The zero-order chi connectivity index (χ0) is 30.7. The molecular weight excluding hydrogens is 530 g/mol. The topological polar surface area (TPSA) is 343 Å². The first-order valence-corrected chi connectivity index (χ1v) is 12.7. The van der Waals surface area contributed by atoms with Crippen molar-refractivity contribution < 1.29 is 34.2 Å². The Morgan fingerprint density at radius 3 is 1.55 bits per heavy atom. The average Bonchev–Trinajstić information content (AvgIpc) is 2.86. The molecule has 18 heteroatoms. The van der Waals surface area contributed by atoms with Gasteiger partial charge in [-0.25, -0.2) is 4.79 Å². The Morgan fingerprint density at radius 1 is 0.650 bits per heavy atom. The third kappa shape index (κ3) is 16.6. The molecule has 40 heavy (non-hydrogen) atoms. The Labute approximate surface area is 231 Å². The fraction of sp³-hybridized carbons (Fsp3) is 0.682. The van der Waals surface area contributed by atoms with Crippen molar-refractivity contribution in [2.45, 2.75) is 75.5 Å². The van der Waals surface area contributed by atoms with Gasteiger partial charge in [0.25, 0.3) is 0 Å². The first kappa shape index (κ1) is 35.8. The molecule has 0 saturated heterocycles. The van der Waals surface area contributed by atoms with Crippen LogP contribution in [0.4, 0.5) is 0 Å². The van der Waals surface area contributed by atoms with Crippen LogP contribution in [0.3, 0.4) is 0 Å². The molecule has 0 aliphatic rings. The molecule has 0 aromatic carbocycles. The number of nitrogens with one attached hydrogen (secondary N) is 3. The monoisotopic (exact) mass is 573 g/mol. The number of carboxylic acid groups (broad SMARTS) is 2. The van der Waals surface area contributed by atoms with E-state index in [-0.39, 0.29) is 50.7 Å². The summed E-state index contributed by atoms with van der Waals surface area (Å²) < 4.78 is 0. The van der Waals surface area contributed by atoms with Crippen LogP contribution in [-0.2, 0) is 24.0 Å². The average molecular weight is 574 g/mol. The van der Waals surface area contributed by atoms with Gasteiger partial charge in [-0.3, -0.25) is 29.2 Å². The SMILES string of the molecule is NCCCCC(NC(=O)C(N)CCCN=C(N)N)C(=O)NC(CCCN=C(N)N)C(=O)NC(CC(=O)O)C(=O)O. The highest BCUT2D eigenvalue weighted by atomic mass is 16.4. The van der Waals surface area contributed by atoms with Gasteiger partial charge in [0.1, 0.15) is 18.1 Å². The molecule has 18 nitrogen and oxygen atoms in total. The molecule has 228 valence electrons. The minimum absolute atomic E-state index is 0.0263. The fourth-order valence-electron chi connectivity index (χ4n) is 3.38. The standard InChI is InChI=1S/C22H43N11O7/c23-8-2-1-6-13(31-17(36)12(24)5-3-9-29-21(25)26)18(37)32-14(7-4-10-30-22(27)28)19(38)33-15(20(39)40)11-16(34)35/h12-15H,1-11,23-24H2,(H,31,36)(H,32,37)(H,33,38)(H,34,35)(H,39,40)(H4,25,26,29)(H4,27,28,30). The number of carbonyl (C=O) groups is 5. The van der Waals surface area contributed by atoms with Crippen LogP contribution in [0.15, 0.2) is 9.98 Å². The summed E-state index contributed by atoms with van der Waals surface area (Å²) in [5.74, 6) is -5.57. The van der Waals surface area contributed by atoms with Crippen LogP contribution in [0.25, 0.3) is 0 Å². The molecule has 0 aliphatic heterocycles. The van der Waals surface area contributed by atoms with E-state index in [2.05, 4.69) is 25.9 Å². The maximum atomic E-state index is 13.2. The van der Waals surface area contributed by atoms with Gasteiger partial charge in [0.05, 0.1) is 12.5 Å². The van der Waals surface area contributed by atoms with Crippen LogP contribution in [0.1, 0.15) is 51.4 Å². The summed E-state index contributed by atoms with van der Waals surface area (Å²) >= 11 is 0. The fourth-order valence-corrected chi connectivity index (χ4v) is 3.38.